The molecule has 0 bridgehead atoms. The number of carbonyl (C=O) groups excluding carboxylic acids is 1. The van der Waals surface area contributed by atoms with Gasteiger partial charge in [-0.15, -0.1) is 0 Å². The summed E-state index contributed by atoms with van der Waals surface area (Å²) >= 11 is 0. The Morgan fingerprint density at radius 1 is 1.11 bits per heavy atom. The van der Waals surface area contributed by atoms with E-state index in [1.807, 2.05) is 0 Å². The molecule has 0 radical (unpaired) electrons. The van der Waals surface area contributed by atoms with Crippen LogP contribution in [0.5, 0.6) is 11.5 Å². The maximum absolute atomic E-state index is 12.7. The number of aryl methyl sites for hydroxylation is 1. The number of ether oxygens (including phenoxy) is 1. The van der Waals surface area contributed by atoms with Gasteiger partial charge in [0.2, 0.25) is 8.32 Å². The molecule has 2 aliphatic rings. The van der Waals surface area contributed by atoms with Crippen molar-refractivity contribution in [2.75, 3.05) is 0 Å². The van der Waals surface area contributed by atoms with E-state index in [4.69, 9.17) is 9.16 Å². The van der Waals surface area contributed by atoms with Gasteiger partial charge in [-0.3, -0.25) is 4.79 Å². The molecule has 1 saturated carbocycles. The molecule has 2 atom stereocenters. The molecule has 1 aromatic rings. The van der Waals surface area contributed by atoms with Gasteiger partial charge in [0, 0.05) is 11.5 Å². The van der Waals surface area contributed by atoms with Gasteiger partial charge in [-0.2, -0.15) is 0 Å². The van der Waals surface area contributed by atoms with Crippen molar-refractivity contribution in [3.05, 3.63) is 23.3 Å². The van der Waals surface area contributed by atoms with E-state index in [-0.39, 0.29) is 22.8 Å². The number of unbranched alkanes of at least 4 members (excludes halogenated alkanes) is 2. The Kier molecular flexibility index (Phi) is 6.28. The van der Waals surface area contributed by atoms with Gasteiger partial charge in [-0.25, -0.2) is 0 Å². The Labute approximate surface area is 172 Å². The molecule has 0 amide bonds. The van der Waals surface area contributed by atoms with Gasteiger partial charge in [-0.1, -0.05) is 53.4 Å². The fourth-order valence-electron chi connectivity index (χ4n) is 4.28. The lowest BCUT2D eigenvalue weighted by Gasteiger charge is -2.40. The first-order valence-electron chi connectivity index (χ1n) is 11.2. The van der Waals surface area contributed by atoms with E-state index in [1.54, 1.807) is 0 Å². The minimum absolute atomic E-state index is 0.00829. The second kappa shape index (κ2) is 8.21. The zero-order valence-electron chi connectivity index (χ0n) is 18.7. The lowest BCUT2D eigenvalue weighted by atomic mass is 9.73. The van der Waals surface area contributed by atoms with Crippen LogP contribution < -0.4 is 9.16 Å². The minimum atomic E-state index is -1.98. The lowest BCUT2D eigenvalue weighted by molar-refractivity contribution is -0.142. The molecule has 0 spiro atoms. The van der Waals surface area contributed by atoms with Crippen molar-refractivity contribution in [1.82, 2.24) is 0 Å². The number of hydrogen-bond acceptors (Lipinski definition) is 3. The number of esters is 1. The maximum Gasteiger partial charge on any atom is 0.314 e. The molecule has 1 fully saturated rings. The Morgan fingerprint density at radius 3 is 2.43 bits per heavy atom. The molecular weight excluding hydrogens is 364 g/mol. The summed E-state index contributed by atoms with van der Waals surface area (Å²) < 4.78 is 12.7. The van der Waals surface area contributed by atoms with Crippen LogP contribution in [0.25, 0.3) is 0 Å². The third kappa shape index (κ3) is 4.32. The summed E-state index contributed by atoms with van der Waals surface area (Å²) in [5.41, 5.74) is 2.41. The van der Waals surface area contributed by atoms with Crippen molar-refractivity contribution in [3.63, 3.8) is 0 Å². The zero-order chi connectivity index (χ0) is 20.5. The molecule has 28 heavy (non-hydrogen) atoms. The van der Waals surface area contributed by atoms with Crippen LogP contribution in [0.2, 0.25) is 18.1 Å². The molecule has 156 valence electrons. The molecule has 0 aromatic heterocycles. The molecule has 1 aliphatic carbocycles. The van der Waals surface area contributed by atoms with E-state index in [1.165, 1.54) is 30.4 Å². The molecule has 4 heteroatoms. The average molecular weight is 403 g/mol. The summed E-state index contributed by atoms with van der Waals surface area (Å²) in [6.45, 7) is 13.7. The van der Waals surface area contributed by atoms with Gasteiger partial charge < -0.3 is 9.16 Å². The molecule has 1 aliphatic heterocycles. The van der Waals surface area contributed by atoms with E-state index in [9.17, 15) is 4.79 Å². The van der Waals surface area contributed by atoms with E-state index < -0.39 is 8.32 Å². The third-order valence-electron chi connectivity index (χ3n) is 7.05. The fraction of sp³-hybridized carbons (Fsp3) is 0.708. The predicted molar refractivity (Wildman–Crippen MR) is 118 cm³/mol. The van der Waals surface area contributed by atoms with Crippen LogP contribution in [0.1, 0.15) is 89.7 Å². The Hall–Kier alpha value is -1.29. The normalized spacial score (nSPS) is 22.3. The van der Waals surface area contributed by atoms with E-state index in [0.717, 1.165) is 43.6 Å². The molecule has 1 heterocycles. The van der Waals surface area contributed by atoms with Crippen molar-refractivity contribution in [1.29, 1.82) is 0 Å². The van der Waals surface area contributed by atoms with Crippen LogP contribution in [0.15, 0.2) is 12.1 Å². The molecule has 3 rings (SSSR count). The summed E-state index contributed by atoms with van der Waals surface area (Å²) in [6.07, 6.45) is 8.92. The van der Waals surface area contributed by atoms with Crippen LogP contribution in [0, 0.1) is 5.92 Å². The van der Waals surface area contributed by atoms with Gasteiger partial charge in [0.15, 0.2) is 0 Å². The number of fused-ring (bicyclic) bond motifs is 3. The fourth-order valence-corrected chi connectivity index (χ4v) is 5.31. The van der Waals surface area contributed by atoms with Gasteiger partial charge in [0.05, 0.1) is 5.92 Å². The zero-order valence-corrected chi connectivity index (χ0v) is 19.7. The quantitative estimate of drug-likeness (QED) is 0.222. The van der Waals surface area contributed by atoms with Gasteiger partial charge in [-0.05, 0) is 61.5 Å². The average Bonchev–Trinajstić information content (AvgIpc) is 2.60. The molecule has 3 nitrogen and oxygen atoms in total. The van der Waals surface area contributed by atoms with Gasteiger partial charge in [0.1, 0.15) is 11.5 Å². The highest BCUT2D eigenvalue weighted by molar-refractivity contribution is 6.74. The molecule has 0 N–H and O–H groups in total. The predicted octanol–water partition coefficient (Wildman–Crippen LogP) is 7.00. The maximum atomic E-state index is 12.7. The van der Waals surface area contributed by atoms with Crippen molar-refractivity contribution in [2.24, 2.45) is 5.92 Å². The van der Waals surface area contributed by atoms with Crippen LogP contribution in [-0.4, -0.2) is 14.3 Å². The topological polar surface area (TPSA) is 35.5 Å². The third-order valence-corrected chi connectivity index (χ3v) is 11.4. The van der Waals surface area contributed by atoms with Crippen LogP contribution >= 0.6 is 0 Å². The standard InChI is InChI=1S/C24H38O3Si/c1-7-8-9-12-17-15-20-22(18-13-10-11-14-19(18)23(25)26-20)21(16-17)27-28(5,6)24(2,3)4/h15-16,18-19H,7-14H2,1-6H3/t18-,19+/m0/s1. The SMILES string of the molecule is CCCCCc1cc2c(c(O[Si](C)(C)C(C)(C)C)c1)[C@H]1CCCC[C@H]1C(=O)O2. The number of benzene rings is 1. The summed E-state index contributed by atoms with van der Waals surface area (Å²) in [4.78, 5) is 12.7. The second-order valence-corrected chi connectivity index (χ2v) is 15.0. The second-order valence-electron chi connectivity index (χ2n) is 10.2. The van der Waals surface area contributed by atoms with Crippen molar-refractivity contribution in [2.45, 2.75) is 103 Å². The first-order valence-corrected chi connectivity index (χ1v) is 14.1. The first kappa shape index (κ1) is 21.4. The highest BCUT2D eigenvalue weighted by atomic mass is 28.4. The smallest absolute Gasteiger partial charge is 0.314 e. The Bertz CT molecular complexity index is 717. The largest absolute Gasteiger partial charge is 0.543 e. The molecule has 1 aromatic carbocycles. The summed E-state index contributed by atoms with van der Waals surface area (Å²) in [7, 11) is -1.98. The van der Waals surface area contributed by atoms with E-state index in [0.29, 0.717) is 0 Å². The van der Waals surface area contributed by atoms with Crippen molar-refractivity contribution in [3.8, 4) is 11.5 Å². The highest BCUT2D eigenvalue weighted by Crippen LogP contribution is 2.51. The Morgan fingerprint density at radius 2 is 1.79 bits per heavy atom. The summed E-state index contributed by atoms with van der Waals surface area (Å²) in [6, 6.07) is 4.38. The van der Waals surface area contributed by atoms with Crippen LogP contribution in [-0.2, 0) is 11.2 Å². The first-order chi connectivity index (χ1) is 13.1. The van der Waals surface area contributed by atoms with Crippen LogP contribution in [0.3, 0.4) is 0 Å². The monoisotopic (exact) mass is 402 g/mol. The highest BCUT2D eigenvalue weighted by Gasteiger charge is 2.44. The minimum Gasteiger partial charge on any atom is -0.543 e. The summed E-state index contributed by atoms with van der Waals surface area (Å²) in [5.74, 6) is 2.01. The number of rotatable bonds is 6. The van der Waals surface area contributed by atoms with Gasteiger partial charge in [0.25, 0.3) is 0 Å². The molecule has 0 saturated heterocycles. The molecule has 0 unspecified atom stereocenters. The Balaban J connectivity index is 2.03. The van der Waals surface area contributed by atoms with Gasteiger partial charge >= 0.3 is 5.97 Å². The number of carbonyl (C=O) groups is 1. The summed E-state index contributed by atoms with van der Waals surface area (Å²) in [5, 5.41) is 0.134. The number of hydrogen-bond donors (Lipinski definition) is 0. The van der Waals surface area contributed by atoms with E-state index >= 15 is 0 Å². The van der Waals surface area contributed by atoms with Crippen molar-refractivity contribution < 1.29 is 14.0 Å². The molecular formula is C24H38O3Si. The van der Waals surface area contributed by atoms with Crippen molar-refractivity contribution >= 4 is 14.3 Å². The lowest BCUT2D eigenvalue weighted by Crippen LogP contribution is -2.44. The van der Waals surface area contributed by atoms with Crippen LogP contribution in [0.4, 0.5) is 0 Å². The van der Waals surface area contributed by atoms with E-state index in [2.05, 4.69) is 52.9 Å².